The van der Waals surface area contributed by atoms with Crippen LogP contribution in [0.15, 0.2) is 54.6 Å². The van der Waals surface area contributed by atoms with Crippen molar-refractivity contribution in [1.82, 2.24) is 0 Å². The third kappa shape index (κ3) is 3.65. The molecule has 0 heterocycles. The first-order chi connectivity index (χ1) is 13.5. The summed E-state index contributed by atoms with van der Waals surface area (Å²) < 4.78 is 42.7. The van der Waals surface area contributed by atoms with Crippen LogP contribution in [0.3, 0.4) is 0 Å². The van der Waals surface area contributed by atoms with Crippen LogP contribution in [-0.4, -0.2) is 6.04 Å². The van der Waals surface area contributed by atoms with Crippen LogP contribution in [0.1, 0.15) is 18.4 Å². The molecule has 28 heavy (non-hydrogen) atoms. The molecule has 0 amide bonds. The number of rotatable bonds is 5. The Morgan fingerprint density at radius 3 is 2.14 bits per heavy atom. The molecule has 0 aliphatic heterocycles. The quantitative estimate of drug-likeness (QED) is 0.575. The Labute approximate surface area is 160 Å². The summed E-state index contributed by atoms with van der Waals surface area (Å²) in [5.41, 5.74) is 2.20. The number of hydrogen-bond acceptors (Lipinski definition) is 3. The van der Waals surface area contributed by atoms with Gasteiger partial charge in [-0.15, -0.1) is 0 Å². The fraction of sp³-hybridized carbons (Fsp3) is 0.136. The zero-order valence-electron chi connectivity index (χ0n) is 14.8. The standard InChI is InChI=1S/C22H16F3N3/c23-17-8-10-20(27-16-6-7-16)22(21(17)25)28-19-9-5-15(11-18(19)24)14-3-1-13(12-26)2-4-14/h1-5,8-11,16,27-28H,6-7H2. The van der Waals surface area contributed by atoms with Gasteiger partial charge in [0.2, 0.25) is 0 Å². The Morgan fingerprint density at radius 1 is 0.821 bits per heavy atom. The molecule has 1 aliphatic carbocycles. The summed E-state index contributed by atoms with van der Waals surface area (Å²) in [5, 5.41) is 14.7. The topological polar surface area (TPSA) is 47.9 Å². The molecule has 0 unspecified atom stereocenters. The molecule has 4 rings (SSSR count). The van der Waals surface area contributed by atoms with Crippen molar-refractivity contribution in [1.29, 1.82) is 5.26 Å². The van der Waals surface area contributed by atoms with Gasteiger partial charge in [-0.05, 0) is 60.4 Å². The van der Waals surface area contributed by atoms with E-state index in [0.29, 0.717) is 16.8 Å². The number of nitriles is 1. The molecule has 3 aromatic carbocycles. The smallest absolute Gasteiger partial charge is 0.184 e. The maximum atomic E-state index is 14.7. The van der Waals surface area contributed by atoms with Crippen LogP contribution in [0.4, 0.5) is 30.2 Å². The zero-order valence-corrected chi connectivity index (χ0v) is 14.8. The number of halogens is 3. The van der Waals surface area contributed by atoms with Gasteiger partial charge in [-0.1, -0.05) is 18.2 Å². The van der Waals surface area contributed by atoms with Crippen molar-refractivity contribution in [2.75, 3.05) is 10.6 Å². The molecule has 0 atom stereocenters. The van der Waals surface area contributed by atoms with Gasteiger partial charge in [0.25, 0.3) is 0 Å². The second kappa shape index (κ2) is 7.28. The van der Waals surface area contributed by atoms with Gasteiger partial charge in [-0.25, -0.2) is 13.2 Å². The highest BCUT2D eigenvalue weighted by atomic mass is 19.2. The molecule has 0 bridgehead atoms. The van der Waals surface area contributed by atoms with Crippen LogP contribution < -0.4 is 10.6 Å². The molecule has 1 saturated carbocycles. The zero-order chi connectivity index (χ0) is 19.7. The van der Waals surface area contributed by atoms with E-state index in [9.17, 15) is 13.2 Å². The van der Waals surface area contributed by atoms with Crippen molar-refractivity contribution in [2.24, 2.45) is 0 Å². The maximum absolute atomic E-state index is 14.7. The van der Waals surface area contributed by atoms with Crippen LogP contribution in [0.2, 0.25) is 0 Å². The SMILES string of the molecule is N#Cc1ccc(-c2ccc(Nc3c(NC4CC4)ccc(F)c3F)c(F)c2)cc1. The predicted octanol–water partition coefficient (Wildman–Crippen LogP) is 5.96. The van der Waals surface area contributed by atoms with Crippen LogP contribution in [0.5, 0.6) is 0 Å². The normalized spacial score (nSPS) is 13.1. The van der Waals surface area contributed by atoms with Crippen LogP contribution in [-0.2, 0) is 0 Å². The van der Waals surface area contributed by atoms with Gasteiger partial charge in [0, 0.05) is 6.04 Å². The third-order valence-corrected chi connectivity index (χ3v) is 4.61. The van der Waals surface area contributed by atoms with E-state index in [-0.39, 0.29) is 17.4 Å². The van der Waals surface area contributed by atoms with Gasteiger partial charge < -0.3 is 10.6 Å². The van der Waals surface area contributed by atoms with Gasteiger partial charge >= 0.3 is 0 Å². The van der Waals surface area contributed by atoms with Crippen molar-refractivity contribution in [3.8, 4) is 17.2 Å². The maximum Gasteiger partial charge on any atom is 0.184 e. The molecular formula is C22H16F3N3. The number of nitrogens with zero attached hydrogens (tertiary/aromatic N) is 1. The van der Waals surface area contributed by atoms with Crippen LogP contribution >= 0.6 is 0 Å². The number of nitrogens with one attached hydrogen (secondary N) is 2. The molecule has 0 spiro atoms. The summed E-state index contributed by atoms with van der Waals surface area (Å²) in [4.78, 5) is 0. The van der Waals surface area contributed by atoms with E-state index < -0.39 is 17.5 Å². The fourth-order valence-electron chi connectivity index (χ4n) is 2.91. The van der Waals surface area contributed by atoms with E-state index in [1.807, 2.05) is 6.07 Å². The van der Waals surface area contributed by atoms with Crippen molar-refractivity contribution in [2.45, 2.75) is 18.9 Å². The Bertz CT molecular complexity index is 1070. The monoisotopic (exact) mass is 379 g/mol. The minimum Gasteiger partial charge on any atom is -0.381 e. The van der Waals surface area contributed by atoms with E-state index in [1.165, 1.54) is 18.2 Å². The highest BCUT2D eigenvalue weighted by Gasteiger charge is 2.24. The Balaban J connectivity index is 1.64. The molecule has 3 nitrogen and oxygen atoms in total. The predicted molar refractivity (Wildman–Crippen MR) is 103 cm³/mol. The number of anilines is 3. The minimum atomic E-state index is -1.05. The summed E-state index contributed by atoms with van der Waals surface area (Å²) in [7, 11) is 0. The van der Waals surface area contributed by atoms with E-state index in [2.05, 4.69) is 10.6 Å². The molecular weight excluding hydrogens is 363 g/mol. The fourth-order valence-corrected chi connectivity index (χ4v) is 2.91. The third-order valence-electron chi connectivity index (χ3n) is 4.61. The first-order valence-corrected chi connectivity index (χ1v) is 8.87. The van der Waals surface area contributed by atoms with Crippen molar-refractivity contribution >= 4 is 17.1 Å². The average molecular weight is 379 g/mol. The summed E-state index contributed by atoms with van der Waals surface area (Å²) in [6, 6.07) is 16.0. The van der Waals surface area contributed by atoms with Crippen molar-refractivity contribution < 1.29 is 13.2 Å². The molecule has 6 heteroatoms. The van der Waals surface area contributed by atoms with E-state index >= 15 is 0 Å². The van der Waals surface area contributed by atoms with Gasteiger partial charge in [0.05, 0.1) is 23.0 Å². The van der Waals surface area contributed by atoms with Crippen LogP contribution in [0.25, 0.3) is 11.1 Å². The molecule has 1 fully saturated rings. The lowest BCUT2D eigenvalue weighted by atomic mass is 10.0. The molecule has 140 valence electrons. The second-order valence-corrected chi connectivity index (χ2v) is 6.71. The van der Waals surface area contributed by atoms with Gasteiger partial charge in [0.1, 0.15) is 11.5 Å². The van der Waals surface area contributed by atoms with Gasteiger partial charge in [-0.2, -0.15) is 5.26 Å². The summed E-state index contributed by atoms with van der Waals surface area (Å²) >= 11 is 0. The van der Waals surface area contributed by atoms with Gasteiger partial charge in [0.15, 0.2) is 11.6 Å². The Morgan fingerprint density at radius 2 is 1.50 bits per heavy atom. The lowest BCUT2D eigenvalue weighted by Gasteiger charge is -2.16. The summed E-state index contributed by atoms with van der Waals surface area (Å²) in [6.07, 6.45) is 1.93. The molecule has 1 aliphatic rings. The molecule has 3 aromatic rings. The van der Waals surface area contributed by atoms with Crippen LogP contribution in [0, 0.1) is 28.8 Å². The highest BCUT2D eigenvalue weighted by molar-refractivity contribution is 5.77. The number of benzene rings is 3. The van der Waals surface area contributed by atoms with E-state index in [0.717, 1.165) is 24.5 Å². The second-order valence-electron chi connectivity index (χ2n) is 6.71. The molecule has 2 N–H and O–H groups in total. The first-order valence-electron chi connectivity index (χ1n) is 8.87. The molecule has 0 saturated heterocycles. The Hall–Kier alpha value is -3.46. The number of hydrogen-bond donors (Lipinski definition) is 2. The van der Waals surface area contributed by atoms with Crippen molar-refractivity contribution in [3.05, 3.63) is 77.6 Å². The molecule has 0 aromatic heterocycles. The lowest BCUT2D eigenvalue weighted by molar-refractivity contribution is 0.512. The highest BCUT2D eigenvalue weighted by Crippen LogP contribution is 2.35. The summed E-state index contributed by atoms with van der Waals surface area (Å²) in [5.74, 6) is -2.65. The van der Waals surface area contributed by atoms with E-state index in [1.54, 1.807) is 30.3 Å². The molecule has 0 radical (unpaired) electrons. The van der Waals surface area contributed by atoms with Gasteiger partial charge in [-0.3, -0.25) is 0 Å². The Kier molecular flexibility index (Phi) is 4.66. The first kappa shape index (κ1) is 17.9. The van der Waals surface area contributed by atoms with Crippen molar-refractivity contribution in [3.63, 3.8) is 0 Å². The lowest BCUT2D eigenvalue weighted by Crippen LogP contribution is -2.07. The summed E-state index contributed by atoms with van der Waals surface area (Å²) in [6.45, 7) is 0. The van der Waals surface area contributed by atoms with E-state index in [4.69, 9.17) is 5.26 Å². The largest absolute Gasteiger partial charge is 0.381 e. The minimum absolute atomic E-state index is 0.0424. The average Bonchev–Trinajstić information content (AvgIpc) is 3.53.